The van der Waals surface area contributed by atoms with Crippen molar-refractivity contribution in [2.45, 2.75) is 18.4 Å². The Balaban J connectivity index is 2.35. The Morgan fingerprint density at radius 3 is 2.67 bits per heavy atom. The summed E-state index contributed by atoms with van der Waals surface area (Å²) in [5.74, 6) is -0.0985. The van der Waals surface area contributed by atoms with Gasteiger partial charge in [0.2, 0.25) is 10.0 Å². The van der Waals surface area contributed by atoms with Gasteiger partial charge in [0, 0.05) is 17.6 Å². The van der Waals surface area contributed by atoms with Crippen LogP contribution in [0.1, 0.15) is 11.5 Å². The van der Waals surface area contributed by atoms with Crippen molar-refractivity contribution in [2.75, 3.05) is 12.8 Å². The standard InChI is InChI=1S/C12H13BrFN3O3S/c1-7-3-8(16-20-7)6-17(2)21(18,19)12-5-11(15)10(14)4-9(12)13/h3-5H,6,15H2,1-2H3. The summed E-state index contributed by atoms with van der Waals surface area (Å²) in [4.78, 5) is -0.107. The number of aryl methyl sites for hydroxylation is 1. The van der Waals surface area contributed by atoms with E-state index in [1.807, 2.05) is 0 Å². The summed E-state index contributed by atoms with van der Waals surface area (Å²) in [5, 5.41) is 3.74. The normalized spacial score (nSPS) is 12.0. The van der Waals surface area contributed by atoms with Crippen LogP contribution in [0.4, 0.5) is 10.1 Å². The molecule has 2 N–H and O–H groups in total. The molecule has 6 nitrogen and oxygen atoms in total. The zero-order chi connectivity index (χ0) is 15.8. The second kappa shape index (κ2) is 5.74. The summed E-state index contributed by atoms with van der Waals surface area (Å²) in [6.45, 7) is 1.74. The van der Waals surface area contributed by atoms with Crippen molar-refractivity contribution < 1.29 is 17.3 Å². The largest absolute Gasteiger partial charge is 0.396 e. The minimum Gasteiger partial charge on any atom is -0.396 e. The maximum absolute atomic E-state index is 13.3. The van der Waals surface area contributed by atoms with Crippen molar-refractivity contribution in [1.29, 1.82) is 0 Å². The van der Waals surface area contributed by atoms with Crippen molar-refractivity contribution in [2.24, 2.45) is 0 Å². The van der Waals surface area contributed by atoms with Crippen LogP contribution in [0.5, 0.6) is 0 Å². The van der Waals surface area contributed by atoms with Crippen molar-refractivity contribution in [3.8, 4) is 0 Å². The monoisotopic (exact) mass is 377 g/mol. The second-order valence-electron chi connectivity index (χ2n) is 4.49. The molecule has 0 bridgehead atoms. The third-order valence-corrected chi connectivity index (χ3v) is 5.56. The van der Waals surface area contributed by atoms with Crippen LogP contribution >= 0.6 is 15.9 Å². The maximum atomic E-state index is 13.3. The number of hydrogen-bond donors (Lipinski definition) is 1. The van der Waals surface area contributed by atoms with E-state index in [0.717, 1.165) is 16.4 Å². The molecule has 1 aromatic carbocycles. The number of halogens is 2. The van der Waals surface area contributed by atoms with Crippen molar-refractivity contribution in [3.05, 3.63) is 39.9 Å². The van der Waals surface area contributed by atoms with Crippen LogP contribution < -0.4 is 5.73 Å². The molecule has 0 saturated carbocycles. The molecular formula is C12H13BrFN3O3S. The molecule has 1 aromatic heterocycles. The average molecular weight is 378 g/mol. The van der Waals surface area contributed by atoms with Crippen LogP contribution in [0.15, 0.2) is 32.1 Å². The first-order valence-electron chi connectivity index (χ1n) is 5.85. The lowest BCUT2D eigenvalue weighted by Crippen LogP contribution is -2.27. The first kappa shape index (κ1) is 15.9. The molecule has 2 aromatic rings. The van der Waals surface area contributed by atoms with Gasteiger partial charge in [0.1, 0.15) is 11.6 Å². The number of sulfonamides is 1. The van der Waals surface area contributed by atoms with Crippen LogP contribution in [0.25, 0.3) is 0 Å². The Bertz CT molecular complexity index is 776. The molecule has 0 fully saturated rings. The molecule has 0 amide bonds. The number of benzene rings is 1. The van der Waals surface area contributed by atoms with E-state index in [2.05, 4.69) is 21.1 Å². The quantitative estimate of drug-likeness (QED) is 0.825. The van der Waals surface area contributed by atoms with Gasteiger partial charge in [-0.15, -0.1) is 0 Å². The predicted octanol–water partition coefficient (Wildman–Crippen LogP) is 2.29. The van der Waals surface area contributed by atoms with Crippen molar-refractivity contribution in [3.63, 3.8) is 0 Å². The zero-order valence-corrected chi connectivity index (χ0v) is 13.7. The third-order valence-electron chi connectivity index (χ3n) is 2.80. The molecule has 21 heavy (non-hydrogen) atoms. The summed E-state index contributed by atoms with van der Waals surface area (Å²) in [6.07, 6.45) is 0. The summed E-state index contributed by atoms with van der Waals surface area (Å²) < 4.78 is 44.4. The Hall–Kier alpha value is -1.45. The number of rotatable bonds is 4. The molecule has 114 valence electrons. The molecule has 0 aliphatic heterocycles. The Labute approximate surface area is 129 Å². The molecular weight excluding hydrogens is 365 g/mol. The molecule has 2 rings (SSSR count). The minimum absolute atomic E-state index is 0.0311. The van der Waals surface area contributed by atoms with Gasteiger partial charge < -0.3 is 10.3 Å². The van der Waals surface area contributed by atoms with Crippen LogP contribution in [0.2, 0.25) is 0 Å². The third kappa shape index (κ3) is 3.25. The van der Waals surface area contributed by atoms with Crippen LogP contribution in [-0.4, -0.2) is 24.9 Å². The van der Waals surface area contributed by atoms with Gasteiger partial charge in [-0.1, -0.05) is 5.16 Å². The smallest absolute Gasteiger partial charge is 0.244 e. The highest BCUT2D eigenvalue weighted by Crippen LogP contribution is 2.29. The molecule has 0 unspecified atom stereocenters. The highest BCUT2D eigenvalue weighted by Gasteiger charge is 2.25. The lowest BCUT2D eigenvalue weighted by molar-refractivity contribution is 0.378. The highest BCUT2D eigenvalue weighted by atomic mass is 79.9. The molecule has 0 radical (unpaired) electrons. The number of aromatic nitrogens is 1. The summed E-state index contributed by atoms with van der Waals surface area (Å²) in [5.41, 5.74) is 5.68. The summed E-state index contributed by atoms with van der Waals surface area (Å²) >= 11 is 3.04. The van der Waals surface area contributed by atoms with Crippen molar-refractivity contribution >= 4 is 31.6 Å². The SMILES string of the molecule is Cc1cc(CN(C)S(=O)(=O)c2cc(N)c(F)cc2Br)no1. The fourth-order valence-corrected chi connectivity index (χ4v) is 3.86. The minimum atomic E-state index is -3.84. The van der Waals surface area contributed by atoms with Gasteiger partial charge in [-0.2, -0.15) is 4.31 Å². The Morgan fingerprint density at radius 2 is 2.10 bits per heavy atom. The number of hydrogen-bond acceptors (Lipinski definition) is 5. The van der Waals surface area contributed by atoms with Gasteiger partial charge in [0.05, 0.1) is 22.8 Å². The van der Waals surface area contributed by atoms with Gasteiger partial charge in [-0.05, 0) is 35.0 Å². The molecule has 0 aliphatic rings. The van der Waals surface area contributed by atoms with Gasteiger partial charge in [0.15, 0.2) is 0 Å². The van der Waals surface area contributed by atoms with Crippen molar-refractivity contribution in [1.82, 2.24) is 9.46 Å². The van der Waals surface area contributed by atoms with Gasteiger partial charge in [-0.3, -0.25) is 0 Å². The van der Waals surface area contributed by atoms with Gasteiger partial charge in [-0.25, -0.2) is 12.8 Å². The lowest BCUT2D eigenvalue weighted by atomic mass is 10.3. The van der Waals surface area contributed by atoms with Crippen LogP contribution in [-0.2, 0) is 16.6 Å². The molecule has 0 saturated heterocycles. The zero-order valence-electron chi connectivity index (χ0n) is 11.3. The maximum Gasteiger partial charge on any atom is 0.244 e. The molecule has 0 aliphatic carbocycles. The van der Waals surface area contributed by atoms with E-state index in [9.17, 15) is 12.8 Å². The van der Waals surface area contributed by atoms with Crippen LogP contribution in [0.3, 0.4) is 0 Å². The van der Waals surface area contributed by atoms with Crippen LogP contribution in [0, 0.1) is 12.7 Å². The Kier molecular flexibility index (Phi) is 4.35. The first-order valence-corrected chi connectivity index (χ1v) is 8.08. The molecule has 9 heteroatoms. The summed E-state index contributed by atoms with van der Waals surface area (Å²) in [7, 11) is -2.45. The molecule has 1 heterocycles. The molecule has 0 atom stereocenters. The number of anilines is 1. The van der Waals surface area contributed by atoms with E-state index in [0.29, 0.717) is 11.5 Å². The van der Waals surface area contributed by atoms with E-state index in [1.54, 1.807) is 13.0 Å². The first-order chi connectivity index (χ1) is 9.71. The van der Waals surface area contributed by atoms with E-state index in [1.165, 1.54) is 7.05 Å². The van der Waals surface area contributed by atoms with E-state index in [4.69, 9.17) is 10.3 Å². The number of nitrogens with zero attached hydrogens (tertiary/aromatic N) is 2. The van der Waals surface area contributed by atoms with Gasteiger partial charge in [0.25, 0.3) is 0 Å². The topological polar surface area (TPSA) is 89.4 Å². The number of nitrogens with two attached hydrogens (primary N) is 1. The Morgan fingerprint density at radius 1 is 1.43 bits per heavy atom. The van der Waals surface area contributed by atoms with Gasteiger partial charge >= 0.3 is 0 Å². The second-order valence-corrected chi connectivity index (χ2v) is 7.36. The van der Waals surface area contributed by atoms with E-state index < -0.39 is 15.8 Å². The highest BCUT2D eigenvalue weighted by molar-refractivity contribution is 9.10. The summed E-state index contributed by atoms with van der Waals surface area (Å²) in [6, 6.07) is 3.75. The predicted molar refractivity (Wildman–Crippen MR) is 78.4 cm³/mol. The fourth-order valence-electron chi connectivity index (χ4n) is 1.72. The molecule has 0 spiro atoms. The van der Waals surface area contributed by atoms with E-state index in [-0.39, 0.29) is 21.6 Å². The number of nitrogen functional groups attached to an aromatic ring is 1. The van der Waals surface area contributed by atoms with E-state index >= 15 is 0 Å². The fraction of sp³-hybridized carbons (Fsp3) is 0.250. The average Bonchev–Trinajstić information content (AvgIpc) is 2.79. The lowest BCUT2D eigenvalue weighted by Gasteiger charge is -2.17.